The Morgan fingerprint density at radius 3 is 2.33 bits per heavy atom. The monoisotopic (exact) mass is 251 g/mol. The van der Waals surface area contributed by atoms with Crippen molar-refractivity contribution < 1.29 is 0 Å². The van der Waals surface area contributed by atoms with E-state index in [2.05, 4.69) is 69.6 Å². The number of rotatable bonds is 6. The second-order valence-corrected chi connectivity index (χ2v) is 5.95. The summed E-state index contributed by atoms with van der Waals surface area (Å²) in [6.07, 6.45) is 0. The summed E-state index contributed by atoms with van der Waals surface area (Å²) in [6, 6.07) is 2.30. The lowest BCUT2D eigenvalue weighted by atomic mass is 10.0. The Kier molecular flexibility index (Phi) is 5.00. The largest absolute Gasteiger partial charge is 0.349 e. The summed E-state index contributed by atoms with van der Waals surface area (Å²) in [7, 11) is 4.26. The van der Waals surface area contributed by atoms with Crippen molar-refractivity contribution >= 4 is 0 Å². The van der Waals surface area contributed by atoms with Crippen LogP contribution in [0, 0.1) is 13.8 Å². The molecule has 0 aliphatic heterocycles. The molecule has 0 saturated heterocycles. The van der Waals surface area contributed by atoms with Crippen molar-refractivity contribution in [2.45, 2.75) is 53.2 Å². The van der Waals surface area contributed by atoms with Gasteiger partial charge in [0.25, 0.3) is 0 Å². The normalized spacial score (nSPS) is 12.4. The van der Waals surface area contributed by atoms with Gasteiger partial charge in [-0.2, -0.15) is 0 Å². The van der Waals surface area contributed by atoms with Gasteiger partial charge in [0.15, 0.2) is 0 Å². The van der Waals surface area contributed by atoms with Crippen LogP contribution in [-0.4, -0.2) is 35.6 Å². The molecule has 0 saturated carbocycles. The highest BCUT2D eigenvalue weighted by Crippen LogP contribution is 2.15. The first kappa shape index (κ1) is 15.3. The third kappa shape index (κ3) is 3.36. The molecule has 0 amide bonds. The first-order chi connectivity index (χ1) is 8.29. The van der Waals surface area contributed by atoms with E-state index in [1.54, 1.807) is 0 Å². The number of hydrogen-bond acceptors (Lipinski definition) is 2. The first-order valence-corrected chi connectivity index (χ1v) is 6.83. The highest BCUT2D eigenvalue weighted by molar-refractivity contribution is 5.26. The molecule has 0 unspecified atom stereocenters. The molecule has 0 aromatic carbocycles. The van der Waals surface area contributed by atoms with Crippen LogP contribution in [0.1, 0.15) is 37.7 Å². The van der Waals surface area contributed by atoms with E-state index in [9.17, 15) is 0 Å². The molecule has 104 valence electrons. The van der Waals surface area contributed by atoms with Crippen molar-refractivity contribution in [1.82, 2.24) is 14.8 Å². The van der Waals surface area contributed by atoms with E-state index >= 15 is 0 Å². The van der Waals surface area contributed by atoms with Gasteiger partial charge in [0.1, 0.15) is 0 Å². The molecule has 0 spiro atoms. The summed E-state index contributed by atoms with van der Waals surface area (Å²) in [5, 5.41) is 3.57. The molecule has 0 aliphatic carbocycles. The molecular weight excluding hydrogens is 222 g/mol. The molecule has 3 nitrogen and oxygen atoms in total. The third-order valence-electron chi connectivity index (χ3n) is 4.08. The summed E-state index contributed by atoms with van der Waals surface area (Å²) in [4.78, 5) is 2.26. The van der Waals surface area contributed by atoms with Crippen molar-refractivity contribution in [2.24, 2.45) is 0 Å². The van der Waals surface area contributed by atoms with Crippen molar-refractivity contribution in [3.05, 3.63) is 23.0 Å². The van der Waals surface area contributed by atoms with Crippen molar-refractivity contribution in [2.75, 3.05) is 20.6 Å². The Morgan fingerprint density at radius 2 is 1.89 bits per heavy atom. The third-order valence-corrected chi connectivity index (χ3v) is 4.08. The standard InChI is InChI=1S/C15H29N3/c1-8-18-12(2)9-14(13(18)3)10-16-11-15(4,5)17(6)7/h9,16H,8,10-11H2,1-7H3. The van der Waals surface area contributed by atoms with Crippen LogP contribution in [0.3, 0.4) is 0 Å². The molecule has 1 aromatic heterocycles. The van der Waals surface area contributed by atoms with Crippen molar-refractivity contribution in [1.29, 1.82) is 0 Å². The van der Waals surface area contributed by atoms with Gasteiger partial charge < -0.3 is 14.8 Å². The Morgan fingerprint density at radius 1 is 1.28 bits per heavy atom. The Balaban J connectivity index is 2.60. The molecule has 0 bridgehead atoms. The maximum absolute atomic E-state index is 3.57. The Hall–Kier alpha value is -0.800. The minimum Gasteiger partial charge on any atom is -0.349 e. The van der Waals surface area contributed by atoms with E-state index in [0.717, 1.165) is 19.6 Å². The molecule has 0 radical (unpaired) electrons. The van der Waals surface area contributed by atoms with Crippen LogP contribution in [0.25, 0.3) is 0 Å². The fourth-order valence-electron chi connectivity index (χ4n) is 2.20. The van der Waals surface area contributed by atoms with Gasteiger partial charge in [-0.25, -0.2) is 0 Å². The maximum Gasteiger partial charge on any atom is 0.0271 e. The summed E-state index contributed by atoms with van der Waals surface area (Å²) >= 11 is 0. The highest BCUT2D eigenvalue weighted by atomic mass is 15.2. The molecule has 1 N–H and O–H groups in total. The van der Waals surface area contributed by atoms with E-state index in [1.165, 1.54) is 17.0 Å². The van der Waals surface area contributed by atoms with E-state index in [1.807, 2.05) is 0 Å². The lowest BCUT2D eigenvalue weighted by molar-refractivity contribution is 0.189. The maximum atomic E-state index is 3.57. The number of aromatic nitrogens is 1. The minimum absolute atomic E-state index is 0.191. The first-order valence-electron chi connectivity index (χ1n) is 6.83. The van der Waals surface area contributed by atoms with Crippen LogP contribution < -0.4 is 5.32 Å². The molecule has 1 heterocycles. The zero-order valence-corrected chi connectivity index (χ0v) is 13.1. The van der Waals surface area contributed by atoms with Crippen LogP contribution in [0.2, 0.25) is 0 Å². The lowest BCUT2D eigenvalue weighted by Crippen LogP contribution is -2.46. The van der Waals surface area contributed by atoms with Gasteiger partial charge in [0.2, 0.25) is 0 Å². The fourth-order valence-corrected chi connectivity index (χ4v) is 2.20. The predicted molar refractivity (Wildman–Crippen MR) is 79.1 cm³/mol. The molecule has 18 heavy (non-hydrogen) atoms. The molecule has 3 heteroatoms. The fraction of sp³-hybridized carbons (Fsp3) is 0.733. The second kappa shape index (κ2) is 5.89. The Bertz CT molecular complexity index is 389. The van der Waals surface area contributed by atoms with Gasteiger partial charge in [-0.05, 0) is 60.3 Å². The van der Waals surface area contributed by atoms with Crippen LogP contribution in [0.5, 0.6) is 0 Å². The van der Waals surface area contributed by atoms with Crippen LogP contribution >= 0.6 is 0 Å². The quantitative estimate of drug-likeness (QED) is 0.838. The van der Waals surface area contributed by atoms with E-state index in [4.69, 9.17) is 0 Å². The van der Waals surface area contributed by atoms with E-state index < -0.39 is 0 Å². The summed E-state index contributed by atoms with van der Waals surface area (Å²) in [5.41, 5.74) is 4.36. The number of nitrogens with one attached hydrogen (secondary N) is 1. The van der Waals surface area contributed by atoms with Gasteiger partial charge in [-0.15, -0.1) is 0 Å². The second-order valence-electron chi connectivity index (χ2n) is 5.95. The number of likely N-dealkylation sites (N-methyl/N-ethyl adjacent to an activating group) is 1. The smallest absolute Gasteiger partial charge is 0.0271 e. The Labute approximate surface area is 112 Å². The van der Waals surface area contributed by atoms with E-state index in [-0.39, 0.29) is 5.54 Å². The average molecular weight is 251 g/mol. The minimum atomic E-state index is 0.191. The molecule has 1 rings (SSSR count). The van der Waals surface area contributed by atoms with Crippen molar-refractivity contribution in [3.63, 3.8) is 0 Å². The van der Waals surface area contributed by atoms with E-state index in [0.29, 0.717) is 0 Å². The van der Waals surface area contributed by atoms with Crippen LogP contribution in [-0.2, 0) is 13.1 Å². The number of hydrogen-bond donors (Lipinski definition) is 1. The van der Waals surface area contributed by atoms with Gasteiger partial charge >= 0.3 is 0 Å². The van der Waals surface area contributed by atoms with Crippen LogP contribution in [0.15, 0.2) is 6.07 Å². The van der Waals surface area contributed by atoms with Gasteiger partial charge in [-0.3, -0.25) is 0 Å². The predicted octanol–water partition coefficient (Wildman–Crippen LogP) is 2.55. The molecule has 1 aromatic rings. The zero-order chi connectivity index (χ0) is 13.9. The summed E-state index contributed by atoms with van der Waals surface area (Å²) in [5.74, 6) is 0. The lowest BCUT2D eigenvalue weighted by Gasteiger charge is -2.32. The highest BCUT2D eigenvalue weighted by Gasteiger charge is 2.19. The van der Waals surface area contributed by atoms with Crippen molar-refractivity contribution in [3.8, 4) is 0 Å². The van der Waals surface area contributed by atoms with Gasteiger partial charge in [-0.1, -0.05) is 0 Å². The van der Waals surface area contributed by atoms with Gasteiger partial charge in [0.05, 0.1) is 0 Å². The molecule has 0 aliphatic rings. The summed E-state index contributed by atoms with van der Waals surface area (Å²) < 4.78 is 2.37. The topological polar surface area (TPSA) is 20.2 Å². The number of aryl methyl sites for hydroxylation is 1. The van der Waals surface area contributed by atoms with Crippen LogP contribution in [0.4, 0.5) is 0 Å². The average Bonchev–Trinajstić information content (AvgIpc) is 2.53. The SMILES string of the molecule is CCn1c(C)cc(CNCC(C)(C)N(C)C)c1C. The van der Waals surface area contributed by atoms with Gasteiger partial charge in [0, 0.05) is 36.6 Å². The molecule has 0 atom stereocenters. The molecular formula is C15H29N3. The summed E-state index contributed by atoms with van der Waals surface area (Å²) in [6.45, 7) is 14.1. The molecule has 0 fully saturated rings. The zero-order valence-electron chi connectivity index (χ0n) is 13.1. The number of nitrogens with zero attached hydrogens (tertiary/aromatic N) is 2.